The Morgan fingerprint density at radius 1 is 1.39 bits per heavy atom. The van der Waals surface area contributed by atoms with Crippen molar-refractivity contribution in [2.24, 2.45) is 0 Å². The van der Waals surface area contributed by atoms with Gasteiger partial charge in [-0.25, -0.2) is 12.8 Å². The van der Waals surface area contributed by atoms with Crippen LogP contribution in [0.15, 0.2) is 27.6 Å². The molecule has 0 spiro atoms. The van der Waals surface area contributed by atoms with E-state index < -0.39 is 15.8 Å². The van der Waals surface area contributed by atoms with Crippen molar-refractivity contribution in [1.29, 1.82) is 0 Å². The first-order valence-electron chi connectivity index (χ1n) is 5.90. The van der Waals surface area contributed by atoms with E-state index in [2.05, 4.69) is 15.9 Å². The number of rotatable bonds is 2. The molecule has 1 heterocycles. The first-order chi connectivity index (χ1) is 8.43. The lowest BCUT2D eigenvalue weighted by molar-refractivity contribution is 0.268. The molecule has 0 aliphatic carbocycles. The second-order valence-corrected chi connectivity index (χ2v) is 7.31. The maximum Gasteiger partial charge on any atom is 0.246 e. The van der Waals surface area contributed by atoms with Crippen molar-refractivity contribution in [2.75, 3.05) is 6.54 Å². The highest BCUT2D eigenvalue weighted by atomic mass is 79.9. The molecule has 0 N–H and O–H groups in total. The van der Waals surface area contributed by atoms with E-state index in [0.717, 1.165) is 19.3 Å². The van der Waals surface area contributed by atoms with E-state index in [0.29, 0.717) is 11.0 Å². The van der Waals surface area contributed by atoms with Gasteiger partial charge in [0.25, 0.3) is 0 Å². The molecule has 18 heavy (non-hydrogen) atoms. The third-order valence-corrected chi connectivity index (χ3v) is 5.76. The van der Waals surface area contributed by atoms with Gasteiger partial charge in [-0.3, -0.25) is 0 Å². The van der Waals surface area contributed by atoms with Crippen molar-refractivity contribution >= 4 is 26.0 Å². The number of benzene rings is 1. The highest BCUT2D eigenvalue weighted by Gasteiger charge is 2.32. The third-order valence-electron chi connectivity index (χ3n) is 3.22. The van der Waals surface area contributed by atoms with E-state index in [9.17, 15) is 12.8 Å². The summed E-state index contributed by atoms with van der Waals surface area (Å²) >= 11 is 3.12. The fourth-order valence-electron chi connectivity index (χ4n) is 2.24. The third kappa shape index (κ3) is 2.60. The molecule has 1 aromatic rings. The van der Waals surface area contributed by atoms with Gasteiger partial charge in [0.1, 0.15) is 10.7 Å². The number of halogens is 2. The molecule has 1 atom stereocenters. The van der Waals surface area contributed by atoms with Crippen LogP contribution >= 0.6 is 15.9 Å². The maximum absolute atomic E-state index is 13.8. The normalized spacial score (nSPS) is 22.1. The van der Waals surface area contributed by atoms with E-state index >= 15 is 0 Å². The minimum Gasteiger partial charge on any atom is -0.207 e. The van der Waals surface area contributed by atoms with E-state index in [1.165, 1.54) is 16.4 Å². The van der Waals surface area contributed by atoms with Crippen LogP contribution in [0.25, 0.3) is 0 Å². The van der Waals surface area contributed by atoms with Crippen LogP contribution in [0.3, 0.4) is 0 Å². The monoisotopic (exact) mass is 335 g/mol. The summed E-state index contributed by atoms with van der Waals surface area (Å²) < 4.78 is 40.5. The van der Waals surface area contributed by atoms with Crippen molar-refractivity contribution in [3.05, 3.63) is 28.5 Å². The number of piperidine rings is 1. The molecule has 0 radical (unpaired) electrons. The van der Waals surface area contributed by atoms with Crippen LogP contribution in [-0.2, 0) is 10.0 Å². The number of nitrogens with zero attached hydrogens (tertiary/aromatic N) is 1. The number of hydrogen-bond acceptors (Lipinski definition) is 2. The SMILES string of the molecule is C[C@@H]1CCCCN1S(=O)(=O)c1ccc(Br)cc1F. The Morgan fingerprint density at radius 3 is 2.72 bits per heavy atom. The summed E-state index contributed by atoms with van der Waals surface area (Å²) in [6, 6.07) is 3.98. The Kier molecular flexibility index (Phi) is 4.08. The van der Waals surface area contributed by atoms with Crippen LogP contribution in [-0.4, -0.2) is 25.3 Å². The minimum atomic E-state index is -3.72. The van der Waals surface area contributed by atoms with Crippen molar-refractivity contribution in [3.63, 3.8) is 0 Å². The fourth-order valence-corrected chi connectivity index (χ4v) is 4.32. The summed E-state index contributed by atoms with van der Waals surface area (Å²) in [7, 11) is -3.72. The average molecular weight is 336 g/mol. The molecule has 1 saturated heterocycles. The van der Waals surface area contributed by atoms with Gasteiger partial charge in [-0.05, 0) is 38.0 Å². The first-order valence-corrected chi connectivity index (χ1v) is 8.13. The number of hydrogen-bond donors (Lipinski definition) is 0. The van der Waals surface area contributed by atoms with Gasteiger partial charge in [-0.1, -0.05) is 22.4 Å². The molecule has 100 valence electrons. The standard InChI is InChI=1S/C12H15BrFNO2S/c1-9-4-2-3-7-15(9)18(16,17)12-6-5-10(13)8-11(12)14/h5-6,8-9H,2-4,7H2,1H3/t9-/m1/s1. The topological polar surface area (TPSA) is 37.4 Å². The Hall–Kier alpha value is -0.460. The van der Waals surface area contributed by atoms with Crippen LogP contribution in [0, 0.1) is 5.82 Å². The van der Waals surface area contributed by atoms with Crippen molar-refractivity contribution in [1.82, 2.24) is 4.31 Å². The molecular weight excluding hydrogens is 321 g/mol. The van der Waals surface area contributed by atoms with E-state index in [4.69, 9.17) is 0 Å². The predicted octanol–water partition coefficient (Wildman–Crippen LogP) is 3.15. The Labute approximate surface area is 115 Å². The zero-order valence-corrected chi connectivity index (χ0v) is 12.5. The fraction of sp³-hybridized carbons (Fsp3) is 0.500. The van der Waals surface area contributed by atoms with Gasteiger partial charge in [0.2, 0.25) is 10.0 Å². The Bertz CT molecular complexity index is 547. The van der Waals surface area contributed by atoms with Crippen LogP contribution in [0.2, 0.25) is 0 Å². The summed E-state index contributed by atoms with van der Waals surface area (Å²) in [5.74, 6) is -0.706. The largest absolute Gasteiger partial charge is 0.246 e. The van der Waals surface area contributed by atoms with Crippen LogP contribution in [0.5, 0.6) is 0 Å². The van der Waals surface area contributed by atoms with E-state index in [-0.39, 0.29) is 10.9 Å². The van der Waals surface area contributed by atoms with E-state index in [1.807, 2.05) is 6.92 Å². The van der Waals surface area contributed by atoms with Gasteiger partial charge in [-0.2, -0.15) is 4.31 Å². The molecule has 0 saturated carbocycles. The molecule has 0 amide bonds. The second kappa shape index (κ2) is 5.27. The van der Waals surface area contributed by atoms with Crippen molar-refractivity contribution < 1.29 is 12.8 Å². The van der Waals surface area contributed by atoms with Gasteiger partial charge in [0.15, 0.2) is 0 Å². The first kappa shape index (κ1) is 14.0. The smallest absolute Gasteiger partial charge is 0.207 e. The van der Waals surface area contributed by atoms with Crippen molar-refractivity contribution in [3.8, 4) is 0 Å². The summed E-state index contributed by atoms with van der Waals surface area (Å²) in [5, 5.41) is 0. The highest BCUT2D eigenvalue weighted by Crippen LogP contribution is 2.27. The molecule has 0 aromatic heterocycles. The second-order valence-electron chi connectivity index (χ2n) is 4.54. The lowest BCUT2D eigenvalue weighted by Crippen LogP contribution is -2.42. The average Bonchev–Trinajstić information content (AvgIpc) is 2.28. The zero-order valence-electron chi connectivity index (χ0n) is 10.1. The molecule has 0 bridgehead atoms. The summed E-state index contributed by atoms with van der Waals surface area (Å²) in [4.78, 5) is -0.237. The molecule has 6 heteroatoms. The Morgan fingerprint density at radius 2 is 2.11 bits per heavy atom. The summed E-state index contributed by atoms with van der Waals surface area (Å²) in [6.45, 7) is 2.34. The van der Waals surface area contributed by atoms with Crippen LogP contribution < -0.4 is 0 Å². The molecule has 3 nitrogen and oxygen atoms in total. The minimum absolute atomic E-state index is 0.0632. The van der Waals surface area contributed by atoms with Gasteiger partial charge in [0.05, 0.1) is 0 Å². The summed E-state index contributed by atoms with van der Waals surface area (Å²) in [6.07, 6.45) is 2.69. The molecule has 1 aromatic carbocycles. The van der Waals surface area contributed by atoms with Gasteiger partial charge in [-0.15, -0.1) is 0 Å². The molecule has 1 fully saturated rings. The van der Waals surface area contributed by atoms with Gasteiger partial charge < -0.3 is 0 Å². The van der Waals surface area contributed by atoms with Gasteiger partial charge >= 0.3 is 0 Å². The highest BCUT2D eigenvalue weighted by molar-refractivity contribution is 9.10. The van der Waals surface area contributed by atoms with Crippen LogP contribution in [0.1, 0.15) is 26.2 Å². The van der Waals surface area contributed by atoms with Crippen molar-refractivity contribution in [2.45, 2.75) is 37.1 Å². The molecular formula is C12H15BrFNO2S. The quantitative estimate of drug-likeness (QED) is 0.832. The molecule has 1 aliphatic heterocycles. The zero-order chi connectivity index (χ0) is 13.3. The molecule has 1 aliphatic rings. The Balaban J connectivity index is 2.41. The molecule has 2 rings (SSSR count). The van der Waals surface area contributed by atoms with Gasteiger partial charge in [0, 0.05) is 17.1 Å². The molecule has 0 unspecified atom stereocenters. The van der Waals surface area contributed by atoms with Crippen LogP contribution in [0.4, 0.5) is 4.39 Å². The number of sulfonamides is 1. The van der Waals surface area contributed by atoms with E-state index in [1.54, 1.807) is 6.07 Å². The lowest BCUT2D eigenvalue weighted by Gasteiger charge is -2.32. The lowest BCUT2D eigenvalue weighted by atomic mass is 10.1. The predicted molar refractivity (Wildman–Crippen MR) is 71.3 cm³/mol. The summed E-state index contributed by atoms with van der Waals surface area (Å²) in [5.41, 5.74) is 0. The maximum atomic E-state index is 13.8.